The van der Waals surface area contributed by atoms with Gasteiger partial charge in [-0.25, -0.2) is 26.3 Å². The number of nitro benzene ring substituents is 1. The summed E-state index contributed by atoms with van der Waals surface area (Å²) in [4.78, 5) is 55.4. The second kappa shape index (κ2) is 36.1. The predicted octanol–water partition coefficient (Wildman–Crippen LogP) is 18.4. The number of aryl methyl sites for hydroxylation is 1. The number of nitrogens with one attached hydrogen (secondary N) is 4. The van der Waals surface area contributed by atoms with E-state index in [4.69, 9.17) is 0 Å². The fraction of sp³-hybridized carbons (Fsp3) is 0.558. The van der Waals surface area contributed by atoms with Crippen molar-refractivity contribution in [2.75, 3.05) is 137 Å². The first-order valence-electron chi connectivity index (χ1n) is 43.9. The van der Waals surface area contributed by atoms with Crippen LogP contribution in [0.3, 0.4) is 0 Å². The lowest BCUT2D eigenvalue weighted by Crippen LogP contribution is -2.61. The van der Waals surface area contributed by atoms with E-state index in [9.17, 15) is 36.5 Å². The molecule has 6 saturated carbocycles. The van der Waals surface area contributed by atoms with Gasteiger partial charge in [-0.05, 0) is 290 Å². The molecule has 0 radical (unpaired) electrons. The van der Waals surface area contributed by atoms with Crippen LogP contribution in [0.2, 0.25) is 0 Å². The maximum Gasteiger partial charge on any atom is 0.293 e. The maximum atomic E-state index is 13.5. The summed E-state index contributed by atoms with van der Waals surface area (Å²) in [5, 5.41) is 19.4. The van der Waals surface area contributed by atoms with Crippen LogP contribution in [0.1, 0.15) is 196 Å². The van der Waals surface area contributed by atoms with E-state index in [1.807, 2.05) is 91.0 Å². The van der Waals surface area contributed by atoms with Crippen molar-refractivity contribution in [1.82, 2.24) is 29.0 Å². The van der Waals surface area contributed by atoms with E-state index in [1.165, 1.54) is 133 Å². The zero-order valence-corrected chi connectivity index (χ0v) is 74.2. The van der Waals surface area contributed by atoms with Crippen LogP contribution in [0.4, 0.5) is 28.4 Å². The molecule has 18 rings (SSSR count). The van der Waals surface area contributed by atoms with Crippen molar-refractivity contribution in [2.45, 2.75) is 209 Å². The Kier molecular flexibility index (Phi) is 26.2. The SMILES string of the molecule is CC1(C)CCC(CN2CCN(c3ccc(C(=O)NS(=O)(=O)c4ccc(N[C@H](CCN5CCCCC5)CSc5ccccc5)c([N+](=O)[O-])c4)cc3)CC2)=C(C23CC(C)(C2)C3)C1.Cc1cc(S(=O)(=O)NC(=O)c2ccc(N3CCN(CC4=C(C56CC(C)(C5)C6)CC(C)(C)CC4)CC3)cc2)ccc1N[C@H](CCN1CCCCC1)CSc1ccccc1. The molecule has 10 fully saturated rings. The van der Waals surface area contributed by atoms with Gasteiger partial charge in [-0.15, -0.1) is 23.5 Å². The number of carbonyl (C=O) groups excluding carboxylic acids is 2. The van der Waals surface area contributed by atoms with Crippen molar-refractivity contribution in [2.24, 2.45) is 32.5 Å². The molecule has 6 aromatic rings. The van der Waals surface area contributed by atoms with Crippen molar-refractivity contribution in [3.8, 4) is 0 Å². The second-order valence-electron chi connectivity index (χ2n) is 38.8. The summed E-state index contributed by atoms with van der Waals surface area (Å²) in [5.41, 5.74) is 14.3. The Morgan fingerprint density at radius 1 is 0.466 bits per heavy atom. The minimum absolute atomic E-state index is 0.0836. The number of sulfonamides is 2. The van der Waals surface area contributed by atoms with E-state index in [0.717, 1.165) is 157 Å². The summed E-state index contributed by atoms with van der Waals surface area (Å²) in [6.45, 7) is 32.8. The molecule has 2 atom stereocenters. The fourth-order valence-corrected chi connectivity index (χ4v) is 25.6. The van der Waals surface area contributed by atoms with E-state index in [-0.39, 0.29) is 38.8 Å². The van der Waals surface area contributed by atoms with Crippen LogP contribution in [0.15, 0.2) is 187 Å². The van der Waals surface area contributed by atoms with E-state index in [1.54, 1.807) is 64.9 Å². The molecule has 4 saturated heterocycles. The van der Waals surface area contributed by atoms with Crippen molar-refractivity contribution in [3.63, 3.8) is 0 Å². The Balaban J connectivity index is 0.000000185. The van der Waals surface area contributed by atoms with Crippen molar-refractivity contribution >= 4 is 83.8 Å². The number of allylic oxidation sites excluding steroid dienone is 2. The van der Waals surface area contributed by atoms with E-state index < -0.39 is 36.8 Å². The molecule has 2 amide bonds. The summed E-state index contributed by atoms with van der Waals surface area (Å²) in [5.74, 6) is 0.173. The quantitative estimate of drug-likeness (QED) is 0.0138. The minimum Gasteiger partial charge on any atom is -0.381 e. The van der Waals surface area contributed by atoms with Crippen LogP contribution >= 0.6 is 23.5 Å². The second-order valence-corrected chi connectivity index (χ2v) is 44.4. The molecular formula is C95H127N11O8S4. The lowest BCUT2D eigenvalue weighted by molar-refractivity contribution is -0.384. The average molecular weight is 1680 g/mol. The van der Waals surface area contributed by atoms with Gasteiger partial charge >= 0.3 is 0 Å². The Labute approximate surface area is 711 Å². The molecule has 4 heterocycles. The zero-order valence-electron chi connectivity index (χ0n) is 70.9. The molecular weight excluding hydrogens is 1550 g/mol. The number of hydrogen-bond acceptors (Lipinski definition) is 18. The Morgan fingerprint density at radius 3 is 1.23 bits per heavy atom. The van der Waals surface area contributed by atoms with Crippen LogP contribution in [-0.2, 0) is 20.0 Å². The minimum atomic E-state index is -4.41. The van der Waals surface area contributed by atoms with Crippen molar-refractivity contribution in [3.05, 3.63) is 195 Å². The van der Waals surface area contributed by atoms with Crippen LogP contribution in [0.5, 0.6) is 0 Å². The first-order valence-corrected chi connectivity index (χ1v) is 48.8. The summed E-state index contributed by atoms with van der Waals surface area (Å²) in [7, 11) is -8.48. The number of piperazine rings is 2. The fourth-order valence-electron chi connectivity index (χ4n) is 21.6. The largest absolute Gasteiger partial charge is 0.381 e. The van der Waals surface area contributed by atoms with E-state index in [2.05, 4.69) is 115 Å². The molecule has 8 aliphatic carbocycles. The van der Waals surface area contributed by atoms with E-state index in [0.29, 0.717) is 43.8 Å². The van der Waals surface area contributed by atoms with Gasteiger partial charge in [0.1, 0.15) is 5.69 Å². The van der Waals surface area contributed by atoms with Gasteiger partial charge in [0.05, 0.1) is 14.7 Å². The maximum absolute atomic E-state index is 13.5. The van der Waals surface area contributed by atoms with Crippen LogP contribution < -0.4 is 29.9 Å². The molecule has 4 bridgehead atoms. The number of piperidine rings is 2. The van der Waals surface area contributed by atoms with Gasteiger partial charge in [-0.2, -0.15) is 0 Å². The number of amides is 2. The highest BCUT2D eigenvalue weighted by atomic mass is 32.2. The predicted molar refractivity (Wildman–Crippen MR) is 481 cm³/mol. The molecule has 118 heavy (non-hydrogen) atoms. The molecule has 4 N–H and O–H groups in total. The van der Waals surface area contributed by atoms with Gasteiger partial charge in [0.15, 0.2) is 0 Å². The topological polar surface area (TPSA) is 213 Å². The number of rotatable bonds is 31. The van der Waals surface area contributed by atoms with Crippen LogP contribution in [-0.4, -0.2) is 181 Å². The number of anilines is 4. The summed E-state index contributed by atoms with van der Waals surface area (Å²) >= 11 is 3.52. The van der Waals surface area contributed by atoms with Gasteiger partial charge in [-0.3, -0.25) is 29.5 Å². The van der Waals surface area contributed by atoms with E-state index >= 15 is 0 Å². The molecule has 4 aliphatic heterocycles. The number of hydrogen-bond donors (Lipinski definition) is 4. The standard InChI is InChI=1S/C48H65N5O3S2.C47H62N6O5S2/c1-36-29-42(17-18-44(36)49-39(20-24-51-22-9-6-10-23-51)32-57-41-11-7-5-8-12-41)58(55,56)50-45(54)37-13-15-40(16-14-37)53-27-25-52(26-28-53)31-38-19-21-46(2,3)30-43(38)48-33-47(4,34-48)35-48;1-45(2)20-18-36(41(29-45)47-32-46(3,33-47)34-47)30-51-24-26-52(27-25-51)38-14-12-35(13-15-38)44(54)49-60(57,58)40-16-17-42(43(28-40)53(55)56)48-37(19-23-50-21-8-5-9-22-50)31-59-39-10-6-4-7-11-39/h5,7-8,11-18,29,39,49H,6,9-10,19-28,30-35H2,1-4H3,(H,50,54);4,6-7,10-17,28,37,48H,5,8-9,18-27,29-34H2,1-3H3,(H,49,54)/t39-,47?,48?;37-,46?,47?/m11/s1. The van der Waals surface area contributed by atoms with Crippen LogP contribution in [0.25, 0.3) is 0 Å². The number of nitrogens with zero attached hydrogens (tertiary/aromatic N) is 7. The van der Waals surface area contributed by atoms with Gasteiger partial charge in [0.25, 0.3) is 37.5 Å². The molecule has 23 heteroatoms. The average Bonchev–Trinajstić information content (AvgIpc) is 0.679. The number of carbonyl (C=O) groups is 2. The monoisotopic (exact) mass is 1680 g/mol. The Morgan fingerprint density at radius 2 is 0.847 bits per heavy atom. The first kappa shape index (κ1) is 85.7. The molecule has 0 spiro atoms. The first-order chi connectivity index (χ1) is 56.5. The highest BCUT2D eigenvalue weighted by Gasteiger charge is 2.68. The Hall–Kier alpha value is -7.22. The highest BCUT2D eigenvalue weighted by molar-refractivity contribution is 7.99. The molecule has 634 valence electrons. The lowest BCUT2D eigenvalue weighted by Gasteiger charge is -2.72. The van der Waals surface area contributed by atoms with Crippen molar-refractivity contribution in [1.29, 1.82) is 0 Å². The molecule has 12 aliphatic rings. The number of thioether (sulfide) groups is 2. The normalized spacial score (nSPS) is 25.1. The number of benzene rings is 6. The number of nitro groups is 1. The van der Waals surface area contributed by atoms with Crippen LogP contribution in [0, 0.1) is 49.5 Å². The third-order valence-corrected chi connectivity index (χ3v) is 32.8. The van der Waals surface area contributed by atoms with Gasteiger partial charge in [0, 0.05) is 146 Å². The summed E-state index contributed by atoms with van der Waals surface area (Å²) in [6.07, 6.45) is 25.1. The number of likely N-dealkylation sites (tertiary alicyclic amines) is 2. The van der Waals surface area contributed by atoms with Gasteiger partial charge in [0.2, 0.25) is 0 Å². The van der Waals surface area contributed by atoms with Crippen molar-refractivity contribution < 1.29 is 31.3 Å². The summed E-state index contributed by atoms with van der Waals surface area (Å²) < 4.78 is 58.4. The third kappa shape index (κ3) is 20.7. The summed E-state index contributed by atoms with van der Waals surface area (Å²) in [6, 6.07) is 43.9. The van der Waals surface area contributed by atoms with Gasteiger partial charge in [-0.1, -0.05) is 113 Å². The van der Waals surface area contributed by atoms with Gasteiger partial charge < -0.3 is 30.2 Å². The molecule has 19 nitrogen and oxygen atoms in total. The lowest BCUT2D eigenvalue weighted by atomic mass is 9.33. The third-order valence-electron chi connectivity index (χ3n) is 27.8. The molecule has 0 aromatic heterocycles. The molecule has 6 aromatic carbocycles. The Bertz CT molecular complexity index is 4820. The molecule has 0 unspecified atom stereocenters. The zero-order chi connectivity index (χ0) is 82.7. The highest BCUT2D eigenvalue weighted by Crippen LogP contribution is 2.79. The smallest absolute Gasteiger partial charge is 0.293 e.